The van der Waals surface area contributed by atoms with E-state index in [0.29, 0.717) is 11.4 Å². The number of nitrogens with one attached hydrogen (secondary N) is 5. The smallest absolute Gasteiger partial charge is 0.229 e. The number of methoxy groups -OCH3 is 1. The minimum atomic E-state index is -0.811. The molecule has 2 heterocycles. The normalized spacial score (nSPS) is 25.0. The Labute approximate surface area is 179 Å². The van der Waals surface area contributed by atoms with Gasteiger partial charge >= 0.3 is 0 Å². The van der Waals surface area contributed by atoms with Crippen LogP contribution in [0.1, 0.15) is 12.0 Å². The molecule has 0 saturated carbocycles. The van der Waals surface area contributed by atoms with E-state index in [0.717, 1.165) is 11.3 Å². The fourth-order valence-electron chi connectivity index (χ4n) is 3.94. The predicted octanol–water partition coefficient (Wildman–Crippen LogP) is 1.14. The van der Waals surface area contributed by atoms with Gasteiger partial charge in [0.1, 0.15) is 5.75 Å². The lowest BCUT2D eigenvalue weighted by Gasteiger charge is -2.43. The van der Waals surface area contributed by atoms with E-state index in [9.17, 15) is 14.4 Å². The summed E-state index contributed by atoms with van der Waals surface area (Å²) in [7, 11) is 1.55. The lowest BCUT2D eigenvalue weighted by atomic mass is 9.81. The molecular weight excluding hydrogens is 398 g/mol. The van der Waals surface area contributed by atoms with Crippen molar-refractivity contribution in [3.8, 4) is 5.75 Å². The Morgan fingerprint density at radius 1 is 1.10 bits per heavy atom. The highest BCUT2D eigenvalue weighted by molar-refractivity contribution is 6.00. The number of fused-ring (bicyclic) bond motifs is 1. The van der Waals surface area contributed by atoms with Crippen molar-refractivity contribution >= 4 is 29.1 Å². The van der Waals surface area contributed by atoms with E-state index in [1.54, 1.807) is 19.2 Å². The Hall–Kier alpha value is -3.59. The zero-order valence-electron chi connectivity index (χ0n) is 17.3. The number of anilines is 2. The fraction of sp³-hybridized carbons (Fsp3) is 0.318. The lowest BCUT2D eigenvalue weighted by molar-refractivity contribution is -0.144. The summed E-state index contributed by atoms with van der Waals surface area (Å²) in [5, 5.41) is 14.8. The Morgan fingerprint density at radius 3 is 2.61 bits per heavy atom. The van der Waals surface area contributed by atoms with Crippen LogP contribution in [0, 0.1) is 18.8 Å². The number of carbonyl (C=O) groups excluding carboxylic acids is 3. The Bertz CT molecular complexity index is 997. The number of hydrogen-bond acceptors (Lipinski definition) is 6. The monoisotopic (exact) mass is 423 g/mol. The minimum absolute atomic E-state index is 0.0676. The lowest BCUT2D eigenvalue weighted by Crippen LogP contribution is -2.72. The van der Waals surface area contributed by atoms with Crippen molar-refractivity contribution in [3.63, 3.8) is 0 Å². The van der Waals surface area contributed by atoms with Crippen LogP contribution < -0.4 is 31.3 Å². The highest BCUT2D eigenvalue weighted by Crippen LogP contribution is 2.29. The maximum Gasteiger partial charge on any atom is 0.229 e. The molecule has 2 aromatic carbocycles. The number of para-hydroxylation sites is 1. The van der Waals surface area contributed by atoms with Crippen LogP contribution >= 0.6 is 0 Å². The summed E-state index contributed by atoms with van der Waals surface area (Å²) in [5.74, 6) is -1.92. The summed E-state index contributed by atoms with van der Waals surface area (Å²) in [6.45, 7) is 1.86. The third-order valence-electron chi connectivity index (χ3n) is 5.57. The van der Waals surface area contributed by atoms with Gasteiger partial charge in [0.15, 0.2) is 6.29 Å². The standard InChI is InChI=1S/C22H25N5O4/c1-12-8-9-14(31-2)10-16(12)24-20(29)15-11-17(28)25-19-18(15)21(30)27-22(26-19)23-13-6-4-3-5-7-13/h3-10,15,18-19,22-23,26H,11H2,1-2H3,(H,24,29)(H,25,28)(H,27,30). The predicted molar refractivity (Wildman–Crippen MR) is 115 cm³/mol. The number of rotatable bonds is 5. The van der Waals surface area contributed by atoms with E-state index < -0.39 is 24.3 Å². The van der Waals surface area contributed by atoms with Crippen molar-refractivity contribution in [2.75, 3.05) is 17.7 Å². The average molecular weight is 423 g/mol. The summed E-state index contributed by atoms with van der Waals surface area (Å²) >= 11 is 0. The van der Waals surface area contributed by atoms with Gasteiger partial charge in [0.05, 0.1) is 25.1 Å². The van der Waals surface area contributed by atoms with E-state index in [1.165, 1.54) is 0 Å². The molecular formula is C22H25N5O4. The van der Waals surface area contributed by atoms with Crippen LogP contribution in [-0.4, -0.2) is 37.3 Å². The maximum atomic E-state index is 13.1. The third-order valence-corrected chi connectivity index (χ3v) is 5.57. The molecule has 2 fully saturated rings. The van der Waals surface area contributed by atoms with Crippen LogP contribution in [0.2, 0.25) is 0 Å². The van der Waals surface area contributed by atoms with Gasteiger partial charge in [0, 0.05) is 23.9 Å². The molecule has 0 radical (unpaired) electrons. The fourth-order valence-corrected chi connectivity index (χ4v) is 3.94. The number of piperidine rings is 1. The van der Waals surface area contributed by atoms with Gasteiger partial charge in [-0.1, -0.05) is 24.3 Å². The molecule has 0 aromatic heterocycles. The van der Waals surface area contributed by atoms with Gasteiger partial charge in [-0.2, -0.15) is 0 Å². The number of hydrogen-bond donors (Lipinski definition) is 5. The number of aryl methyl sites for hydroxylation is 1. The van der Waals surface area contributed by atoms with Crippen molar-refractivity contribution < 1.29 is 19.1 Å². The van der Waals surface area contributed by atoms with Crippen LogP contribution in [-0.2, 0) is 14.4 Å². The Balaban J connectivity index is 1.50. The van der Waals surface area contributed by atoms with Gasteiger partial charge < -0.3 is 26.0 Å². The SMILES string of the molecule is COc1ccc(C)c(NC(=O)C2CC(=O)NC3NC(Nc4ccccc4)NC(=O)C32)c1. The first-order valence-corrected chi connectivity index (χ1v) is 10.1. The molecule has 2 saturated heterocycles. The van der Waals surface area contributed by atoms with Crippen molar-refractivity contribution in [1.29, 1.82) is 0 Å². The quantitative estimate of drug-likeness (QED) is 0.492. The minimum Gasteiger partial charge on any atom is -0.497 e. The van der Waals surface area contributed by atoms with Gasteiger partial charge in [-0.15, -0.1) is 0 Å². The largest absolute Gasteiger partial charge is 0.497 e. The van der Waals surface area contributed by atoms with Crippen LogP contribution in [0.15, 0.2) is 48.5 Å². The highest BCUT2D eigenvalue weighted by atomic mass is 16.5. The van der Waals surface area contributed by atoms with Crippen molar-refractivity contribution in [1.82, 2.24) is 16.0 Å². The second-order valence-corrected chi connectivity index (χ2v) is 7.67. The van der Waals surface area contributed by atoms with Crippen molar-refractivity contribution in [3.05, 3.63) is 54.1 Å². The molecule has 4 rings (SSSR count). The number of amides is 3. The number of ether oxygens (including phenoxy) is 1. The molecule has 4 unspecified atom stereocenters. The van der Waals surface area contributed by atoms with Gasteiger partial charge in [0.25, 0.3) is 0 Å². The number of benzene rings is 2. The van der Waals surface area contributed by atoms with Gasteiger partial charge in [-0.25, -0.2) is 0 Å². The molecule has 2 aliphatic heterocycles. The van der Waals surface area contributed by atoms with Crippen LogP contribution in [0.3, 0.4) is 0 Å². The molecule has 31 heavy (non-hydrogen) atoms. The third kappa shape index (κ3) is 4.46. The van der Waals surface area contributed by atoms with Crippen molar-refractivity contribution in [2.24, 2.45) is 11.8 Å². The summed E-state index contributed by atoms with van der Waals surface area (Å²) < 4.78 is 5.22. The second kappa shape index (κ2) is 8.65. The molecule has 9 heteroatoms. The first-order valence-electron chi connectivity index (χ1n) is 10.1. The molecule has 9 nitrogen and oxygen atoms in total. The summed E-state index contributed by atoms with van der Waals surface area (Å²) in [5.41, 5.74) is 2.24. The van der Waals surface area contributed by atoms with E-state index >= 15 is 0 Å². The topological polar surface area (TPSA) is 121 Å². The van der Waals surface area contributed by atoms with E-state index in [2.05, 4.69) is 26.6 Å². The summed E-state index contributed by atoms with van der Waals surface area (Å²) in [4.78, 5) is 38.3. The van der Waals surface area contributed by atoms with Crippen LogP contribution in [0.5, 0.6) is 5.75 Å². The molecule has 0 spiro atoms. The van der Waals surface area contributed by atoms with E-state index in [1.807, 2.05) is 43.3 Å². The average Bonchev–Trinajstić information content (AvgIpc) is 2.75. The molecule has 4 atom stereocenters. The highest BCUT2D eigenvalue weighted by Gasteiger charge is 2.48. The molecule has 2 aliphatic rings. The van der Waals surface area contributed by atoms with Gasteiger partial charge in [-0.05, 0) is 30.7 Å². The van der Waals surface area contributed by atoms with Crippen molar-refractivity contribution in [2.45, 2.75) is 25.8 Å². The first-order chi connectivity index (χ1) is 14.9. The molecule has 5 N–H and O–H groups in total. The Kier molecular flexibility index (Phi) is 5.77. The molecule has 0 bridgehead atoms. The van der Waals surface area contributed by atoms with E-state index in [-0.39, 0.29) is 24.1 Å². The second-order valence-electron chi connectivity index (χ2n) is 7.67. The summed E-state index contributed by atoms with van der Waals surface area (Å²) in [6.07, 6.45) is -1.32. The van der Waals surface area contributed by atoms with E-state index in [4.69, 9.17) is 4.74 Å². The van der Waals surface area contributed by atoms with Crippen LogP contribution in [0.4, 0.5) is 11.4 Å². The Morgan fingerprint density at radius 2 is 1.87 bits per heavy atom. The van der Waals surface area contributed by atoms with Gasteiger partial charge in [0.2, 0.25) is 17.7 Å². The molecule has 162 valence electrons. The zero-order chi connectivity index (χ0) is 22.0. The maximum absolute atomic E-state index is 13.1. The first kappa shape index (κ1) is 20.7. The van der Waals surface area contributed by atoms with Gasteiger partial charge in [-0.3, -0.25) is 19.7 Å². The van der Waals surface area contributed by atoms with Crippen LogP contribution in [0.25, 0.3) is 0 Å². The molecule has 3 amide bonds. The molecule has 2 aromatic rings. The number of carbonyl (C=O) groups is 3. The molecule has 0 aliphatic carbocycles. The zero-order valence-corrected chi connectivity index (χ0v) is 17.3. The summed E-state index contributed by atoms with van der Waals surface area (Å²) in [6, 6.07) is 14.7.